The van der Waals surface area contributed by atoms with Crippen molar-refractivity contribution < 1.29 is 37.7 Å². The fraction of sp³-hybridized carbons (Fsp3) is 0.103. The molecular formula is C29H24BrN3O8. The minimum Gasteiger partial charge on any atom is -0.493 e. The van der Waals surface area contributed by atoms with Crippen LogP contribution in [0.4, 0.5) is 5.69 Å². The summed E-state index contributed by atoms with van der Waals surface area (Å²) in [5, 5.41) is 6.67. The van der Waals surface area contributed by atoms with E-state index in [1.165, 1.54) is 58.1 Å². The molecule has 0 saturated heterocycles. The predicted octanol–water partition coefficient (Wildman–Crippen LogP) is 5.30. The maximum Gasteiger partial charge on any atom is 0.343 e. The minimum atomic E-state index is -0.688. The van der Waals surface area contributed by atoms with Crippen LogP contribution in [0.3, 0.4) is 0 Å². The highest BCUT2D eigenvalue weighted by molar-refractivity contribution is 9.10. The zero-order valence-electron chi connectivity index (χ0n) is 22.1. The van der Waals surface area contributed by atoms with Gasteiger partial charge in [-0.1, -0.05) is 28.1 Å². The number of carbonyl (C=O) groups is 3. The van der Waals surface area contributed by atoms with Gasteiger partial charge in [-0.25, -0.2) is 10.2 Å². The summed E-state index contributed by atoms with van der Waals surface area (Å²) in [6, 6.07) is 17.4. The van der Waals surface area contributed by atoms with E-state index in [9.17, 15) is 14.4 Å². The van der Waals surface area contributed by atoms with Crippen molar-refractivity contribution in [1.29, 1.82) is 0 Å². The fourth-order valence-corrected chi connectivity index (χ4v) is 4.05. The Bertz CT molecular complexity index is 1580. The summed E-state index contributed by atoms with van der Waals surface area (Å²) in [7, 11) is 4.34. The number of ether oxygens (including phenoxy) is 4. The molecular weight excluding hydrogens is 598 g/mol. The fourth-order valence-electron chi connectivity index (χ4n) is 3.67. The zero-order valence-corrected chi connectivity index (χ0v) is 23.7. The first-order chi connectivity index (χ1) is 19.8. The van der Waals surface area contributed by atoms with Crippen LogP contribution < -0.4 is 29.7 Å². The second-order valence-corrected chi connectivity index (χ2v) is 9.08. The first kappa shape index (κ1) is 28.9. The lowest BCUT2D eigenvalue weighted by Gasteiger charge is -2.14. The van der Waals surface area contributed by atoms with Gasteiger partial charge >= 0.3 is 5.97 Å². The molecule has 0 spiro atoms. The molecule has 2 amide bonds. The first-order valence-corrected chi connectivity index (χ1v) is 12.7. The van der Waals surface area contributed by atoms with Gasteiger partial charge in [-0.15, -0.1) is 0 Å². The number of amides is 2. The van der Waals surface area contributed by atoms with Crippen molar-refractivity contribution in [3.05, 3.63) is 99.9 Å². The number of methoxy groups -OCH3 is 3. The number of rotatable bonds is 10. The summed E-state index contributed by atoms with van der Waals surface area (Å²) >= 11 is 3.38. The molecule has 1 aromatic heterocycles. The number of anilines is 1. The van der Waals surface area contributed by atoms with Gasteiger partial charge in [0.15, 0.2) is 17.3 Å². The normalized spacial score (nSPS) is 10.6. The van der Waals surface area contributed by atoms with Crippen LogP contribution in [0, 0.1) is 0 Å². The number of halogens is 1. The molecule has 2 N–H and O–H groups in total. The molecule has 0 aliphatic carbocycles. The Morgan fingerprint density at radius 3 is 2.24 bits per heavy atom. The van der Waals surface area contributed by atoms with E-state index in [0.717, 1.165) is 0 Å². The van der Waals surface area contributed by atoms with E-state index in [0.29, 0.717) is 27.3 Å². The molecule has 41 heavy (non-hydrogen) atoms. The lowest BCUT2D eigenvalue weighted by atomic mass is 10.1. The number of nitrogens with one attached hydrogen (secondary N) is 2. The molecule has 210 valence electrons. The van der Waals surface area contributed by atoms with E-state index in [4.69, 9.17) is 23.4 Å². The van der Waals surface area contributed by atoms with E-state index in [2.05, 4.69) is 31.8 Å². The van der Waals surface area contributed by atoms with Gasteiger partial charge in [0.25, 0.3) is 11.8 Å². The van der Waals surface area contributed by atoms with E-state index >= 15 is 0 Å². The van der Waals surface area contributed by atoms with E-state index < -0.39 is 17.8 Å². The van der Waals surface area contributed by atoms with Crippen LogP contribution in [0.15, 0.2) is 87.0 Å². The molecule has 0 aliphatic rings. The Kier molecular flexibility index (Phi) is 9.38. The van der Waals surface area contributed by atoms with Crippen LogP contribution in [0.1, 0.15) is 36.8 Å². The number of esters is 1. The van der Waals surface area contributed by atoms with Crippen molar-refractivity contribution >= 4 is 45.6 Å². The molecule has 0 aliphatic heterocycles. The smallest absolute Gasteiger partial charge is 0.343 e. The second-order valence-electron chi connectivity index (χ2n) is 8.16. The van der Waals surface area contributed by atoms with Crippen molar-refractivity contribution in [2.75, 3.05) is 26.6 Å². The standard InChI is InChI=1S/C29H24BrN3O8/c1-37-24-14-17(15-25(38-2)26(24)39-3)29(36)41-22-11-10-19(30)13-18(22)16-31-33-27(34)20-7-4-5-8-21(20)32-28(35)23-9-6-12-40-23/h4-16H,1-3H3,(H,32,35)(H,33,34)/b31-16-. The predicted molar refractivity (Wildman–Crippen MR) is 153 cm³/mol. The summed E-state index contributed by atoms with van der Waals surface area (Å²) in [6.07, 6.45) is 2.70. The Labute approximate surface area is 243 Å². The van der Waals surface area contributed by atoms with Crippen molar-refractivity contribution in [1.82, 2.24) is 5.43 Å². The minimum absolute atomic E-state index is 0.0986. The van der Waals surface area contributed by atoms with Crippen LogP contribution in [0.25, 0.3) is 0 Å². The quantitative estimate of drug-likeness (QED) is 0.105. The highest BCUT2D eigenvalue weighted by Crippen LogP contribution is 2.38. The van der Waals surface area contributed by atoms with Crippen molar-refractivity contribution in [3.63, 3.8) is 0 Å². The summed E-state index contributed by atoms with van der Waals surface area (Å²) in [4.78, 5) is 38.3. The van der Waals surface area contributed by atoms with E-state index in [-0.39, 0.29) is 28.3 Å². The molecule has 0 fully saturated rings. The molecule has 0 unspecified atom stereocenters. The lowest BCUT2D eigenvalue weighted by Crippen LogP contribution is -2.21. The van der Waals surface area contributed by atoms with Gasteiger partial charge < -0.3 is 28.7 Å². The third-order valence-corrected chi connectivity index (χ3v) is 6.10. The number of nitrogens with zero attached hydrogens (tertiary/aromatic N) is 1. The largest absolute Gasteiger partial charge is 0.493 e. The third-order valence-electron chi connectivity index (χ3n) is 5.61. The van der Waals surface area contributed by atoms with Crippen molar-refractivity contribution in [2.45, 2.75) is 0 Å². The van der Waals surface area contributed by atoms with Crippen molar-refractivity contribution in [2.24, 2.45) is 5.10 Å². The van der Waals surface area contributed by atoms with Gasteiger partial charge in [0.2, 0.25) is 5.75 Å². The molecule has 4 rings (SSSR count). The second kappa shape index (κ2) is 13.3. The SMILES string of the molecule is COc1cc(C(=O)Oc2ccc(Br)cc2/C=N\NC(=O)c2ccccc2NC(=O)c2ccco2)cc(OC)c1OC. The average Bonchev–Trinajstić information content (AvgIpc) is 3.53. The maximum absolute atomic E-state index is 13.0. The molecule has 3 aromatic carbocycles. The number of benzene rings is 3. The molecule has 4 aromatic rings. The number of hydrogen-bond acceptors (Lipinski definition) is 9. The zero-order chi connectivity index (χ0) is 29.4. The maximum atomic E-state index is 13.0. The Morgan fingerprint density at radius 2 is 1.59 bits per heavy atom. The van der Waals surface area contributed by atoms with Gasteiger partial charge in [0.1, 0.15) is 5.75 Å². The summed E-state index contributed by atoms with van der Waals surface area (Å²) in [5.74, 6) is -0.585. The highest BCUT2D eigenvalue weighted by atomic mass is 79.9. The number of furan rings is 1. The Hall–Kier alpha value is -5.10. The highest BCUT2D eigenvalue weighted by Gasteiger charge is 2.20. The van der Waals surface area contributed by atoms with E-state index in [1.54, 1.807) is 42.5 Å². The van der Waals surface area contributed by atoms with Gasteiger partial charge in [0, 0.05) is 10.0 Å². The molecule has 0 saturated carbocycles. The first-order valence-electron chi connectivity index (χ1n) is 11.9. The molecule has 12 heteroatoms. The third kappa shape index (κ3) is 6.92. The monoisotopic (exact) mass is 621 g/mol. The topological polar surface area (TPSA) is 138 Å². The van der Waals surface area contributed by atoms with Crippen LogP contribution in [-0.4, -0.2) is 45.3 Å². The van der Waals surface area contributed by atoms with Gasteiger partial charge in [-0.3, -0.25) is 9.59 Å². The summed E-state index contributed by atoms with van der Waals surface area (Å²) in [5.41, 5.74) is 3.41. The van der Waals surface area contributed by atoms with Gasteiger partial charge in [-0.2, -0.15) is 5.10 Å². The number of carbonyl (C=O) groups excluding carboxylic acids is 3. The van der Waals surface area contributed by atoms with Crippen LogP contribution >= 0.6 is 15.9 Å². The summed E-state index contributed by atoms with van der Waals surface area (Å²) < 4.78 is 27.3. The van der Waals surface area contributed by atoms with E-state index in [1.807, 2.05) is 0 Å². The molecule has 0 atom stereocenters. The molecule has 11 nitrogen and oxygen atoms in total. The summed E-state index contributed by atoms with van der Waals surface area (Å²) in [6.45, 7) is 0. The van der Waals surface area contributed by atoms with Crippen LogP contribution in [0.2, 0.25) is 0 Å². The van der Waals surface area contributed by atoms with Crippen LogP contribution in [-0.2, 0) is 0 Å². The molecule has 0 radical (unpaired) electrons. The number of para-hydroxylation sites is 1. The van der Waals surface area contributed by atoms with Gasteiger partial charge in [-0.05, 0) is 54.6 Å². The van der Waals surface area contributed by atoms with Crippen molar-refractivity contribution in [3.8, 4) is 23.0 Å². The number of hydrogen-bond donors (Lipinski definition) is 2. The van der Waals surface area contributed by atoms with Gasteiger partial charge in [0.05, 0.1) is 50.6 Å². The lowest BCUT2D eigenvalue weighted by molar-refractivity contribution is 0.0733. The Balaban J connectivity index is 1.51. The Morgan fingerprint density at radius 1 is 0.854 bits per heavy atom. The molecule has 1 heterocycles. The van der Waals surface area contributed by atoms with Crippen LogP contribution in [0.5, 0.6) is 23.0 Å². The average molecular weight is 622 g/mol. The number of hydrazone groups is 1. The molecule has 0 bridgehead atoms.